The van der Waals surface area contributed by atoms with Crippen LogP contribution >= 0.6 is 0 Å². The SMILES string of the molecule is C=C(F)C(=O)N1CC[C@H](N2Cc3cnc(Nc4cnn(CCO)c4)nc3N(C)C2=O)c2ccccc21. The van der Waals surface area contributed by atoms with Crippen LogP contribution in [0.15, 0.2) is 55.3 Å². The largest absolute Gasteiger partial charge is 0.394 e. The number of para-hydroxylation sites is 1. The highest BCUT2D eigenvalue weighted by atomic mass is 19.1. The third kappa shape index (κ3) is 4.15. The summed E-state index contributed by atoms with van der Waals surface area (Å²) in [5, 5.41) is 16.3. The molecule has 0 bridgehead atoms. The second kappa shape index (κ2) is 9.38. The van der Waals surface area contributed by atoms with Crippen molar-refractivity contribution in [2.75, 3.05) is 35.3 Å². The molecule has 2 aliphatic heterocycles. The maximum Gasteiger partial charge on any atom is 0.326 e. The number of benzene rings is 1. The molecule has 186 valence electrons. The van der Waals surface area contributed by atoms with Crippen molar-refractivity contribution in [1.29, 1.82) is 0 Å². The summed E-state index contributed by atoms with van der Waals surface area (Å²) in [5.74, 6) is -0.989. The topological polar surface area (TPSA) is 120 Å². The van der Waals surface area contributed by atoms with E-state index in [-0.39, 0.29) is 31.8 Å². The fourth-order valence-corrected chi connectivity index (χ4v) is 4.64. The van der Waals surface area contributed by atoms with Gasteiger partial charge in [0.15, 0.2) is 5.83 Å². The van der Waals surface area contributed by atoms with Gasteiger partial charge in [-0.3, -0.25) is 14.4 Å². The van der Waals surface area contributed by atoms with Crippen LogP contribution in [0.3, 0.4) is 0 Å². The minimum Gasteiger partial charge on any atom is -0.394 e. The molecular formula is C24H25FN8O3. The van der Waals surface area contributed by atoms with Crippen LogP contribution in [0, 0.1) is 0 Å². The summed E-state index contributed by atoms with van der Waals surface area (Å²) in [4.78, 5) is 39.3. The highest BCUT2D eigenvalue weighted by molar-refractivity contribution is 6.04. The van der Waals surface area contributed by atoms with Crippen LogP contribution in [0.4, 0.5) is 32.3 Å². The maximum absolute atomic E-state index is 13.6. The summed E-state index contributed by atoms with van der Waals surface area (Å²) in [6.07, 6.45) is 5.45. The van der Waals surface area contributed by atoms with Gasteiger partial charge in [-0.15, -0.1) is 0 Å². The first kappa shape index (κ1) is 23.4. The minimum atomic E-state index is -1.02. The Morgan fingerprint density at radius 3 is 2.89 bits per heavy atom. The molecule has 1 atom stereocenters. The summed E-state index contributed by atoms with van der Waals surface area (Å²) in [7, 11) is 1.65. The molecule has 4 heterocycles. The third-order valence-electron chi connectivity index (χ3n) is 6.32. The van der Waals surface area contributed by atoms with E-state index in [1.807, 2.05) is 12.1 Å². The second-order valence-electron chi connectivity index (χ2n) is 8.58. The van der Waals surface area contributed by atoms with Crippen LogP contribution in [0.5, 0.6) is 0 Å². The number of amides is 3. The van der Waals surface area contributed by atoms with Gasteiger partial charge in [-0.1, -0.05) is 24.8 Å². The highest BCUT2D eigenvalue weighted by Crippen LogP contribution is 2.41. The molecule has 36 heavy (non-hydrogen) atoms. The van der Waals surface area contributed by atoms with Gasteiger partial charge in [-0.2, -0.15) is 10.1 Å². The van der Waals surface area contributed by atoms with Gasteiger partial charge in [-0.05, 0) is 18.1 Å². The van der Waals surface area contributed by atoms with Crippen molar-refractivity contribution in [3.8, 4) is 0 Å². The van der Waals surface area contributed by atoms with E-state index in [1.165, 1.54) is 9.80 Å². The Morgan fingerprint density at radius 2 is 2.11 bits per heavy atom. The molecule has 0 saturated carbocycles. The average molecular weight is 493 g/mol. The maximum atomic E-state index is 13.6. The number of rotatable bonds is 6. The van der Waals surface area contributed by atoms with Crippen LogP contribution < -0.4 is 15.1 Å². The Kier molecular flexibility index (Phi) is 6.10. The summed E-state index contributed by atoms with van der Waals surface area (Å²) in [6.45, 7) is 4.03. The van der Waals surface area contributed by atoms with E-state index in [2.05, 4.69) is 27.0 Å². The zero-order valence-electron chi connectivity index (χ0n) is 19.6. The number of fused-ring (bicyclic) bond motifs is 2. The van der Waals surface area contributed by atoms with E-state index < -0.39 is 11.7 Å². The van der Waals surface area contributed by atoms with E-state index in [0.717, 1.165) is 11.1 Å². The zero-order valence-corrected chi connectivity index (χ0v) is 19.6. The standard InChI is InChI=1S/C24H25FN8O3/c1-15(25)22(35)32-8-7-20(18-5-3-4-6-19(18)32)33-13-16-11-26-23(29-21(16)30(2)24(33)36)28-17-12-27-31(14-17)9-10-34/h3-6,11-12,14,20,34H,1,7-10,13H2,2H3,(H,26,28,29)/t20-/m0/s1. The quantitative estimate of drug-likeness (QED) is 0.508. The Morgan fingerprint density at radius 1 is 1.31 bits per heavy atom. The molecule has 3 amide bonds. The summed E-state index contributed by atoms with van der Waals surface area (Å²) >= 11 is 0. The molecule has 0 spiro atoms. The second-order valence-corrected chi connectivity index (χ2v) is 8.58. The predicted octanol–water partition coefficient (Wildman–Crippen LogP) is 2.74. The molecule has 3 aromatic rings. The lowest BCUT2D eigenvalue weighted by Crippen LogP contribution is -2.49. The third-order valence-corrected chi connectivity index (χ3v) is 6.32. The molecule has 0 aliphatic carbocycles. The smallest absolute Gasteiger partial charge is 0.326 e. The summed E-state index contributed by atoms with van der Waals surface area (Å²) < 4.78 is 15.2. The zero-order chi connectivity index (χ0) is 25.4. The van der Waals surface area contributed by atoms with Crippen LogP contribution in [-0.4, -0.2) is 61.9 Å². The molecule has 0 saturated heterocycles. The first-order valence-electron chi connectivity index (χ1n) is 11.4. The van der Waals surface area contributed by atoms with Crippen molar-refractivity contribution in [3.63, 3.8) is 0 Å². The number of hydrogen-bond donors (Lipinski definition) is 2. The van der Waals surface area contributed by atoms with Gasteiger partial charge in [0, 0.05) is 37.2 Å². The van der Waals surface area contributed by atoms with Gasteiger partial charge in [0.2, 0.25) is 5.95 Å². The fourth-order valence-electron chi connectivity index (χ4n) is 4.64. The number of nitrogens with one attached hydrogen (secondary N) is 1. The first-order chi connectivity index (χ1) is 17.4. The normalized spacial score (nSPS) is 17.0. The molecule has 2 aliphatic rings. The summed E-state index contributed by atoms with van der Waals surface area (Å²) in [5.41, 5.74) is 2.76. The molecule has 11 nitrogen and oxygen atoms in total. The van der Waals surface area contributed by atoms with E-state index in [1.54, 1.807) is 47.4 Å². The first-order valence-corrected chi connectivity index (χ1v) is 11.4. The molecule has 2 N–H and O–H groups in total. The van der Waals surface area contributed by atoms with Crippen molar-refractivity contribution >= 4 is 35.1 Å². The monoisotopic (exact) mass is 492 g/mol. The number of nitrogens with zero attached hydrogens (tertiary/aromatic N) is 7. The molecule has 2 aromatic heterocycles. The van der Waals surface area contributed by atoms with Crippen LogP contribution in [0.25, 0.3) is 0 Å². The lowest BCUT2D eigenvalue weighted by molar-refractivity contribution is -0.116. The number of carbonyl (C=O) groups is 2. The van der Waals surface area contributed by atoms with Gasteiger partial charge in [-0.25, -0.2) is 14.2 Å². The predicted molar refractivity (Wildman–Crippen MR) is 130 cm³/mol. The molecular weight excluding hydrogens is 467 g/mol. The molecule has 0 fully saturated rings. The number of urea groups is 1. The Labute approximate surface area is 206 Å². The number of halogens is 1. The van der Waals surface area contributed by atoms with Crippen molar-refractivity contribution in [3.05, 3.63) is 66.4 Å². The molecule has 1 aromatic carbocycles. The van der Waals surface area contributed by atoms with Gasteiger partial charge in [0.1, 0.15) is 5.82 Å². The number of aromatic nitrogens is 4. The van der Waals surface area contributed by atoms with Gasteiger partial charge >= 0.3 is 6.03 Å². The number of hydrogen-bond acceptors (Lipinski definition) is 7. The fraction of sp³-hybridized carbons (Fsp3) is 0.292. The van der Waals surface area contributed by atoms with E-state index in [9.17, 15) is 14.0 Å². The van der Waals surface area contributed by atoms with Crippen LogP contribution in [-0.2, 0) is 17.9 Å². The number of aliphatic hydroxyl groups excluding tert-OH is 1. The number of aliphatic hydroxyl groups is 1. The lowest BCUT2D eigenvalue weighted by atomic mass is 9.94. The number of carbonyl (C=O) groups excluding carboxylic acids is 2. The lowest BCUT2D eigenvalue weighted by Gasteiger charge is -2.43. The van der Waals surface area contributed by atoms with Gasteiger partial charge < -0.3 is 20.2 Å². The van der Waals surface area contributed by atoms with Crippen molar-refractivity contribution < 1.29 is 19.1 Å². The molecule has 5 rings (SSSR count). The Balaban J connectivity index is 1.40. The van der Waals surface area contributed by atoms with E-state index in [0.29, 0.717) is 36.1 Å². The van der Waals surface area contributed by atoms with Crippen molar-refractivity contribution in [2.45, 2.75) is 25.6 Å². The highest BCUT2D eigenvalue weighted by Gasteiger charge is 2.39. The van der Waals surface area contributed by atoms with Crippen molar-refractivity contribution in [2.24, 2.45) is 0 Å². The van der Waals surface area contributed by atoms with E-state index in [4.69, 9.17) is 5.11 Å². The Hall–Kier alpha value is -4.32. The summed E-state index contributed by atoms with van der Waals surface area (Å²) in [6, 6.07) is 6.66. The Bertz CT molecular complexity index is 1340. The molecule has 0 unspecified atom stereocenters. The van der Waals surface area contributed by atoms with Gasteiger partial charge in [0.25, 0.3) is 5.91 Å². The van der Waals surface area contributed by atoms with Crippen molar-refractivity contribution in [1.82, 2.24) is 24.6 Å². The van der Waals surface area contributed by atoms with Crippen LogP contribution in [0.2, 0.25) is 0 Å². The molecule has 0 radical (unpaired) electrons. The van der Waals surface area contributed by atoms with Gasteiger partial charge in [0.05, 0.1) is 37.6 Å². The number of anilines is 4. The minimum absolute atomic E-state index is 0.0230. The van der Waals surface area contributed by atoms with Crippen LogP contribution in [0.1, 0.15) is 23.6 Å². The average Bonchev–Trinajstić information content (AvgIpc) is 3.32. The molecule has 12 heteroatoms. The van der Waals surface area contributed by atoms with E-state index >= 15 is 0 Å².